The maximum atomic E-state index is 11.7. The maximum absolute atomic E-state index is 11.7. The first kappa shape index (κ1) is 13.0. The molecule has 0 aromatic carbocycles. The summed E-state index contributed by atoms with van der Waals surface area (Å²) >= 11 is 0. The van der Waals surface area contributed by atoms with Gasteiger partial charge in [0.05, 0.1) is 0 Å². The Morgan fingerprint density at radius 2 is 1.88 bits per heavy atom. The van der Waals surface area contributed by atoms with E-state index in [1.165, 1.54) is 0 Å². The van der Waals surface area contributed by atoms with Crippen LogP contribution < -0.4 is 5.32 Å². The van der Waals surface area contributed by atoms with Crippen molar-refractivity contribution in [1.29, 1.82) is 0 Å². The van der Waals surface area contributed by atoms with Gasteiger partial charge >= 0.3 is 5.97 Å². The highest BCUT2D eigenvalue weighted by Crippen LogP contribution is 2.33. The molecule has 0 bridgehead atoms. The van der Waals surface area contributed by atoms with Crippen molar-refractivity contribution in [2.45, 2.75) is 52.0 Å². The Labute approximate surface area is 96.4 Å². The van der Waals surface area contributed by atoms with Gasteiger partial charge in [-0.25, -0.2) is 4.79 Å². The van der Waals surface area contributed by atoms with Gasteiger partial charge in [0.1, 0.15) is 6.04 Å². The lowest BCUT2D eigenvalue weighted by molar-refractivity contribution is -0.142. The number of carboxylic acid groups (broad SMARTS) is 1. The number of carbonyl (C=O) groups excluding carboxylic acids is 1. The van der Waals surface area contributed by atoms with Crippen LogP contribution in [0.3, 0.4) is 0 Å². The van der Waals surface area contributed by atoms with E-state index < -0.39 is 12.0 Å². The molecule has 1 aliphatic carbocycles. The molecule has 1 aliphatic rings. The summed E-state index contributed by atoms with van der Waals surface area (Å²) in [5.41, 5.74) is 0. The third-order valence-corrected chi connectivity index (χ3v) is 3.24. The van der Waals surface area contributed by atoms with Crippen LogP contribution in [0, 0.1) is 11.8 Å². The van der Waals surface area contributed by atoms with Crippen molar-refractivity contribution in [1.82, 2.24) is 5.32 Å². The van der Waals surface area contributed by atoms with Crippen LogP contribution in [-0.2, 0) is 9.59 Å². The molecule has 1 amide bonds. The molecule has 1 unspecified atom stereocenters. The third kappa shape index (κ3) is 3.83. The molecular weight excluding hydrogens is 206 g/mol. The van der Waals surface area contributed by atoms with Gasteiger partial charge in [-0.05, 0) is 25.2 Å². The second-order valence-electron chi connectivity index (χ2n) is 4.59. The van der Waals surface area contributed by atoms with E-state index in [-0.39, 0.29) is 11.8 Å². The van der Waals surface area contributed by atoms with Crippen LogP contribution >= 0.6 is 0 Å². The summed E-state index contributed by atoms with van der Waals surface area (Å²) in [6.07, 6.45) is 4.31. The van der Waals surface area contributed by atoms with E-state index in [1.54, 1.807) is 0 Å². The Hall–Kier alpha value is -1.06. The summed E-state index contributed by atoms with van der Waals surface area (Å²) in [4.78, 5) is 22.7. The summed E-state index contributed by atoms with van der Waals surface area (Å²) in [7, 11) is 0. The van der Waals surface area contributed by atoms with E-state index in [0.717, 1.165) is 25.7 Å². The van der Waals surface area contributed by atoms with Gasteiger partial charge in [0.2, 0.25) is 5.91 Å². The van der Waals surface area contributed by atoms with Crippen LogP contribution in [0.5, 0.6) is 0 Å². The van der Waals surface area contributed by atoms with E-state index in [1.807, 2.05) is 13.8 Å². The van der Waals surface area contributed by atoms with Gasteiger partial charge in [0.15, 0.2) is 0 Å². The second kappa shape index (κ2) is 5.87. The number of rotatable bonds is 7. The molecule has 92 valence electrons. The van der Waals surface area contributed by atoms with Crippen LogP contribution in [0.25, 0.3) is 0 Å². The van der Waals surface area contributed by atoms with Crippen LogP contribution in [0.2, 0.25) is 0 Å². The topological polar surface area (TPSA) is 66.4 Å². The quantitative estimate of drug-likeness (QED) is 0.697. The second-order valence-corrected chi connectivity index (χ2v) is 4.59. The van der Waals surface area contributed by atoms with Crippen LogP contribution in [-0.4, -0.2) is 23.0 Å². The van der Waals surface area contributed by atoms with Crippen LogP contribution in [0.15, 0.2) is 0 Å². The Morgan fingerprint density at radius 3 is 2.25 bits per heavy atom. The maximum Gasteiger partial charge on any atom is 0.326 e. The van der Waals surface area contributed by atoms with E-state index >= 15 is 0 Å². The van der Waals surface area contributed by atoms with Crippen molar-refractivity contribution in [3.05, 3.63) is 0 Å². The highest BCUT2D eigenvalue weighted by atomic mass is 16.4. The molecule has 0 aliphatic heterocycles. The van der Waals surface area contributed by atoms with Gasteiger partial charge in [-0.3, -0.25) is 4.79 Å². The van der Waals surface area contributed by atoms with E-state index in [4.69, 9.17) is 5.11 Å². The minimum atomic E-state index is -0.911. The summed E-state index contributed by atoms with van der Waals surface area (Å²) in [5.74, 6) is -0.576. The van der Waals surface area contributed by atoms with Gasteiger partial charge in [-0.2, -0.15) is 0 Å². The van der Waals surface area contributed by atoms with Crippen molar-refractivity contribution in [2.24, 2.45) is 11.8 Å². The molecule has 4 heteroatoms. The average molecular weight is 227 g/mol. The predicted octanol–water partition coefficient (Wildman–Crippen LogP) is 1.79. The molecule has 0 saturated heterocycles. The molecule has 16 heavy (non-hydrogen) atoms. The zero-order valence-electron chi connectivity index (χ0n) is 10.0. The highest BCUT2D eigenvalue weighted by Gasteiger charge is 2.31. The minimum Gasteiger partial charge on any atom is -0.480 e. The zero-order valence-corrected chi connectivity index (χ0v) is 10.0. The molecule has 0 radical (unpaired) electrons. The number of amides is 1. The lowest BCUT2D eigenvalue weighted by atomic mass is 10.0. The summed E-state index contributed by atoms with van der Waals surface area (Å²) in [6.45, 7) is 3.90. The Balaban J connectivity index is 2.45. The monoisotopic (exact) mass is 227 g/mol. The van der Waals surface area contributed by atoms with Gasteiger partial charge in [-0.1, -0.05) is 26.7 Å². The molecule has 0 heterocycles. The summed E-state index contributed by atoms with van der Waals surface area (Å²) in [6, 6.07) is -0.694. The van der Waals surface area contributed by atoms with Gasteiger partial charge < -0.3 is 10.4 Å². The highest BCUT2D eigenvalue weighted by molar-refractivity contribution is 5.84. The number of aliphatic carboxylic acids is 1. The first-order valence-corrected chi connectivity index (χ1v) is 6.11. The molecule has 1 fully saturated rings. The molecule has 2 N–H and O–H groups in total. The van der Waals surface area contributed by atoms with Crippen LogP contribution in [0.4, 0.5) is 0 Å². The number of nitrogens with one attached hydrogen (secondary N) is 1. The lowest BCUT2D eigenvalue weighted by Gasteiger charge is -2.18. The molecule has 4 nitrogen and oxygen atoms in total. The molecule has 0 aromatic rings. The van der Waals surface area contributed by atoms with E-state index in [9.17, 15) is 9.59 Å². The van der Waals surface area contributed by atoms with Gasteiger partial charge in [0, 0.05) is 5.92 Å². The van der Waals surface area contributed by atoms with Crippen molar-refractivity contribution in [2.75, 3.05) is 0 Å². The number of carboxylic acids is 1. The first-order chi connectivity index (χ1) is 7.58. The first-order valence-electron chi connectivity index (χ1n) is 6.11. The van der Waals surface area contributed by atoms with E-state index in [0.29, 0.717) is 12.3 Å². The Kier molecular flexibility index (Phi) is 4.77. The van der Waals surface area contributed by atoms with Gasteiger partial charge in [0.25, 0.3) is 0 Å². The molecule has 0 spiro atoms. The molecule has 1 rings (SSSR count). The summed E-state index contributed by atoms with van der Waals surface area (Å²) in [5, 5.41) is 11.7. The Bertz CT molecular complexity index is 257. The van der Waals surface area contributed by atoms with Crippen molar-refractivity contribution >= 4 is 11.9 Å². The van der Waals surface area contributed by atoms with E-state index in [2.05, 4.69) is 5.32 Å². The number of carbonyl (C=O) groups is 2. The number of hydrogen-bond donors (Lipinski definition) is 2. The molecule has 1 atom stereocenters. The normalized spacial score (nSPS) is 17.2. The summed E-state index contributed by atoms with van der Waals surface area (Å²) < 4.78 is 0. The fourth-order valence-corrected chi connectivity index (χ4v) is 1.86. The van der Waals surface area contributed by atoms with Crippen molar-refractivity contribution in [3.8, 4) is 0 Å². The number of hydrogen-bond acceptors (Lipinski definition) is 2. The van der Waals surface area contributed by atoms with Crippen LogP contribution in [0.1, 0.15) is 46.0 Å². The molecular formula is C12H21NO3. The molecule has 1 saturated carbocycles. The van der Waals surface area contributed by atoms with Crippen molar-refractivity contribution in [3.63, 3.8) is 0 Å². The molecule has 0 aromatic heterocycles. The standard InChI is InChI=1S/C12H21NO3/c1-3-9(4-2)11(14)13-10(12(15)16)7-8-5-6-8/h8-10H,3-7H2,1-2H3,(H,13,14)(H,15,16). The average Bonchev–Trinajstić information content (AvgIpc) is 3.02. The minimum absolute atomic E-state index is 0.0546. The smallest absolute Gasteiger partial charge is 0.326 e. The fraction of sp³-hybridized carbons (Fsp3) is 0.833. The zero-order chi connectivity index (χ0) is 12.1. The largest absolute Gasteiger partial charge is 0.480 e. The fourth-order valence-electron chi connectivity index (χ4n) is 1.86. The Morgan fingerprint density at radius 1 is 1.31 bits per heavy atom. The van der Waals surface area contributed by atoms with Crippen molar-refractivity contribution < 1.29 is 14.7 Å². The van der Waals surface area contributed by atoms with Gasteiger partial charge in [-0.15, -0.1) is 0 Å². The lowest BCUT2D eigenvalue weighted by Crippen LogP contribution is -2.43. The SMILES string of the molecule is CCC(CC)C(=O)NC(CC1CC1)C(=O)O. The predicted molar refractivity (Wildman–Crippen MR) is 61.0 cm³/mol. The third-order valence-electron chi connectivity index (χ3n) is 3.24.